The van der Waals surface area contributed by atoms with Crippen LogP contribution in [0.2, 0.25) is 0 Å². The number of nitrogens with one attached hydrogen (secondary N) is 1. The van der Waals surface area contributed by atoms with Gasteiger partial charge in [-0.1, -0.05) is 0 Å². The third-order valence-corrected chi connectivity index (χ3v) is 0.887. The second-order valence-corrected chi connectivity index (χ2v) is 2.00. The van der Waals surface area contributed by atoms with Crippen LogP contribution in [0.1, 0.15) is 13.3 Å². The van der Waals surface area contributed by atoms with Gasteiger partial charge in [0.25, 0.3) is 0 Å². The van der Waals surface area contributed by atoms with Crippen molar-refractivity contribution in [2.75, 3.05) is 13.6 Å². The molecule has 2 heteroatoms. The van der Waals surface area contributed by atoms with Gasteiger partial charge in [-0.2, -0.15) is 0 Å². The van der Waals surface area contributed by atoms with Gasteiger partial charge in [0.15, 0.2) is 0 Å². The molecule has 0 radical (unpaired) electrons. The van der Waals surface area contributed by atoms with E-state index in [1.165, 1.54) is 6.42 Å². The molecular formula is C5H15N2+. The van der Waals surface area contributed by atoms with Gasteiger partial charge in [0.1, 0.15) is 0 Å². The summed E-state index contributed by atoms with van der Waals surface area (Å²) >= 11 is 0. The van der Waals surface area contributed by atoms with Crippen LogP contribution in [0.4, 0.5) is 0 Å². The molecule has 0 amide bonds. The standard InChI is InChI=1S/C5H14N2/c1-5(6)3-4-7-2/h5,7H,3-4,6H2,1-2H3/p+1. The summed E-state index contributed by atoms with van der Waals surface area (Å²) in [5.74, 6) is 0. The normalized spacial score (nSPS) is 14.1. The number of hydrogen-bond acceptors (Lipinski definition) is 1. The molecule has 0 fully saturated rings. The smallest absolute Gasteiger partial charge is 0.0827 e. The minimum absolute atomic E-state index is 0.590. The van der Waals surface area contributed by atoms with E-state index in [0.29, 0.717) is 6.04 Å². The van der Waals surface area contributed by atoms with Crippen LogP contribution < -0.4 is 11.1 Å². The fourth-order valence-electron chi connectivity index (χ4n) is 0.391. The molecule has 0 saturated carbocycles. The highest BCUT2D eigenvalue weighted by Gasteiger charge is 1.92. The van der Waals surface area contributed by atoms with Gasteiger partial charge >= 0.3 is 0 Å². The molecule has 44 valence electrons. The Morgan fingerprint density at radius 1 is 1.71 bits per heavy atom. The zero-order valence-electron chi connectivity index (χ0n) is 5.20. The van der Waals surface area contributed by atoms with Crippen molar-refractivity contribution in [1.29, 1.82) is 0 Å². The molecule has 0 rings (SSSR count). The van der Waals surface area contributed by atoms with Crippen molar-refractivity contribution in [1.82, 2.24) is 5.32 Å². The molecule has 0 spiro atoms. The van der Waals surface area contributed by atoms with E-state index in [4.69, 9.17) is 0 Å². The summed E-state index contributed by atoms with van der Waals surface area (Å²) in [6.45, 7) is 3.21. The fourth-order valence-corrected chi connectivity index (χ4v) is 0.391. The molecule has 0 aliphatic rings. The number of rotatable bonds is 3. The quantitative estimate of drug-likeness (QED) is 0.483. The van der Waals surface area contributed by atoms with Gasteiger partial charge in [0, 0.05) is 13.0 Å². The predicted molar refractivity (Wildman–Crippen MR) is 30.9 cm³/mol. The second-order valence-electron chi connectivity index (χ2n) is 2.00. The molecule has 2 nitrogen and oxygen atoms in total. The van der Waals surface area contributed by atoms with E-state index in [1.807, 2.05) is 7.05 Å². The van der Waals surface area contributed by atoms with Crippen LogP contribution in [-0.2, 0) is 0 Å². The van der Waals surface area contributed by atoms with Crippen LogP contribution in [0.15, 0.2) is 0 Å². The summed E-state index contributed by atoms with van der Waals surface area (Å²) in [5.41, 5.74) is 3.84. The van der Waals surface area contributed by atoms with E-state index in [1.54, 1.807) is 0 Å². The Labute approximate surface area is 45.1 Å². The lowest BCUT2D eigenvalue weighted by atomic mass is 10.2. The molecule has 4 N–H and O–H groups in total. The van der Waals surface area contributed by atoms with Crippen LogP contribution in [-0.4, -0.2) is 19.6 Å². The molecule has 0 aromatic carbocycles. The summed E-state index contributed by atoms with van der Waals surface area (Å²) in [6.07, 6.45) is 1.18. The van der Waals surface area contributed by atoms with Gasteiger partial charge in [0.05, 0.1) is 6.04 Å². The molecular weight excluding hydrogens is 88.1 g/mol. The molecule has 0 aromatic rings. The Balaban J connectivity index is 2.68. The van der Waals surface area contributed by atoms with E-state index in [-0.39, 0.29) is 0 Å². The molecule has 0 aliphatic carbocycles. The van der Waals surface area contributed by atoms with Crippen LogP contribution in [0.25, 0.3) is 0 Å². The lowest BCUT2D eigenvalue weighted by Crippen LogP contribution is -2.59. The molecule has 0 aliphatic heterocycles. The largest absolute Gasteiger partial charge is 0.355 e. The molecule has 1 unspecified atom stereocenters. The van der Waals surface area contributed by atoms with E-state index in [0.717, 1.165) is 6.54 Å². The summed E-state index contributed by atoms with van der Waals surface area (Å²) in [4.78, 5) is 0. The van der Waals surface area contributed by atoms with Gasteiger partial charge in [-0.15, -0.1) is 0 Å². The first-order valence-electron chi connectivity index (χ1n) is 2.75. The van der Waals surface area contributed by atoms with E-state index >= 15 is 0 Å². The maximum Gasteiger partial charge on any atom is 0.0827 e. The van der Waals surface area contributed by atoms with Crippen LogP contribution in [0.5, 0.6) is 0 Å². The van der Waals surface area contributed by atoms with Crippen molar-refractivity contribution in [3.63, 3.8) is 0 Å². The van der Waals surface area contributed by atoms with Gasteiger partial charge in [-0.05, 0) is 14.0 Å². The Kier molecular flexibility index (Phi) is 4.04. The number of hydrogen-bond donors (Lipinski definition) is 2. The second kappa shape index (κ2) is 4.09. The predicted octanol–water partition coefficient (Wildman–Crippen LogP) is -0.774. The Morgan fingerprint density at radius 2 is 2.29 bits per heavy atom. The van der Waals surface area contributed by atoms with E-state index in [2.05, 4.69) is 18.0 Å². The van der Waals surface area contributed by atoms with Crippen molar-refractivity contribution in [3.8, 4) is 0 Å². The molecule has 0 heterocycles. The summed E-state index contributed by atoms with van der Waals surface area (Å²) in [7, 11) is 1.96. The zero-order chi connectivity index (χ0) is 5.70. The minimum Gasteiger partial charge on any atom is -0.355 e. The van der Waals surface area contributed by atoms with Gasteiger partial charge in [-0.25, -0.2) is 0 Å². The Morgan fingerprint density at radius 3 is 2.43 bits per heavy atom. The third-order valence-electron chi connectivity index (χ3n) is 0.887. The Hall–Kier alpha value is -0.0800. The monoisotopic (exact) mass is 103 g/mol. The van der Waals surface area contributed by atoms with Crippen LogP contribution >= 0.6 is 0 Å². The third kappa shape index (κ3) is 5.92. The molecule has 1 atom stereocenters. The summed E-state index contributed by atoms with van der Waals surface area (Å²) < 4.78 is 0. The van der Waals surface area contributed by atoms with Crippen molar-refractivity contribution in [3.05, 3.63) is 0 Å². The minimum atomic E-state index is 0.590. The van der Waals surface area contributed by atoms with Crippen LogP contribution in [0, 0.1) is 0 Å². The van der Waals surface area contributed by atoms with Crippen molar-refractivity contribution >= 4 is 0 Å². The average Bonchev–Trinajstić information content (AvgIpc) is 1.61. The first-order chi connectivity index (χ1) is 3.27. The van der Waals surface area contributed by atoms with E-state index in [9.17, 15) is 0 Å². The maximum atomic E-state index is 3.84. The molecule has 7 heavy (non-hydrogen) atoms. The van der Waals surface area contributed by atoms with Gasteiger partial charge < -0.3 is 11.1 Å². The average molecular weight is 103 g/mol. The first-order valence-corrected chi connectivity index (χ1v) is 2.75. The first kappa shape index (κ1) is 6.92. The highest BCUT2D eigenvalue weighted by molar-refractivity contribution is 4.45. The SMILES string of the molecule is CNCCC(C)[NH3+]. The summed E-state index contributed by atoms with van der Waals surface area (Å²) in [6, 6.07) is 0.590. The zero-order valence-corrected chi connectivity index (χ0v) is 5.20. The highest BCUT2D eigenvalue weighted by Crippen LogP contribution is 1.76. The molecule has 0 saturated heterocycles. The molecule has 0 aromatic heterocycles. The van der Waals surface area contributed by atoms with Gasteiger partial charge in [0.2, 0.25) is 0 Å². The van der Waals surface area contributed by atoms with Crippen LogP contribution in [0.3, 0.4) is 0 Å². The summed E-state index contributed by atoms with van der Waals surface area (Å²) in [5, 5.41) is 3.06. The fraction of sp³-hybridized carbons (Fsp3) is 1.00. The lowest BCUT2D eigenvalue weighted by molar-refractivity contribution is -0.414. The van der Waals surface area contributed by atoms with Gasteiger partial charge in [-0.3, -0.25) is 0 Å². The molecule has 0 bridgehead atoms. The van der Waals surface area contributed by atoms with Crippen molar-refractivity contribution < 1.29 is 5.73 Å². The lowest BCUT2D eigenvalue weighted by Gasteiger charge is -1.97. The number of quaternary nitrogens is 1. The topological polar surface area (TPSA) is 39.7 Å². The van der Waals surface area contributed by atoms with E-state index < -0.39 is 0 Å². The Bertz CT molecular complexity index is 35.1. The maximum absolute atomic E-state index is 3.84. The van der Waals surface area contributed by atoms with Crippen molar-refractivity contribution in [2.45, 2.75) is 19.4 Å². The van der Waals surface area contributed by atoms with Crippen molar-refractivity contribution in [2.24, 2.45) is 0 Å². The highest BCUT2D eigenvalue weighted by atomic mass is 14.8.